The van der Waals surface area contributed by atoms with Crippen molar-refractivity contribution in [1.29, 1.82) is 0 Å². The van der Waals surface area contributed by atoms with E-state index in [2.05, 4.69) is 10.3 Å². The molecule has 0 spiro atoms. The molecule has 0 atom stereocenters. The fourth-order valence-corrected chi connectivity index (χ4v) is 3.74. The van der Waals surface area contributed by atoms with E-state index < -0.39 is 5.97 Å². The molecule has 3 heterocycles. The highest BCUT2D eigenvalue weighted by molar-refractivity contribution is 7.17. The number of nitrogens with zero attached hydrogens (tertiary/aromatic N) is 3. The summed E-state index contributed by atoms with van der Waals surface area (Å²) >= 11 is 1.10. The molecule has 0 aromatic carbocycles. The zero-order valence-corrected chi connectivity index (χ0v) is 16.6. The Morgan fingerprint density at radius 2 is 2.04 bits per heavy atom. The summed E-state index contributed by atoms with van der Waals surface area (Å²) in [6.45, 7) is 6.14. The van der Waals surface area contributed by atoms with Crippen molar-refractivity contribution < 1.29 is 23.5 Å². The van der Waals surface area contributed by atoms with Crippen molar-refractivity contribution in [2.24, 2.45) is 0 Å². The first-order valence-corrected chi connectivity index (χ1v) is 9.79. The molecule has 0 bridgehead atoms. The molecule has 28 heavy (non-hydrogen) atoms. The summed E-state index contributed by atoms with van der Waals surface area (Å²) in [4.78, 5) is 44.7. The number of rotatable bonds is 6. The van der Waals surface area contributed by atoms with E-state index in [1.54, 1.807) is 30.9 Å². The summed E-state index contributed by atoms with van der Waals surface area (Å²) in [7, 11) is 0. The lowest BCUT2D eigenvalue weighted by Gasteiger charge is -2.33. The van der Waals surface area contributed by atoms with Crippen molar-refractivity contribution in [2.75, 3.05) is 44.6 Å². The van der Waals surface area contributed by atoms with Gasteiger partial charge in [0.25, 0.3) is 5.91 Å². The molecule has 1 N–H and O–H groups in total. The lowest BCUT2D eigenvalue weighted by Crippen LogP contribution is -2.50. The normalized spacial score (nSPS) is 14.7. The first kappa shape index (κ1) is 20.0. The second kappa shape index (κ2) is 8.98. The van der Waals surface area contributed by atoms with Gasteiger partial charge in [-0.2, -0.15) is 0 Å². The van der Waals surface area contributed by atoms with Crippen molar-refractivity contribution in [3.63, 3.8) is 0 Å². The Kier molecular flexibility index (Phi) is 6.42. The molecule has 0 unspecified atom stereocenters. The van der Waals surface area contributed by atoms with E-state index in [0.29, 0.717) is 47.6 Å². The van der Waals surface area contributed by atoms with Gasteiger partial charge >= 0.3 is 5.97 Å². The Morgan fingerprint density at radius 1 is 1.29 bits per heavy atom. The number of nitrogens with one attached hydrogen (secondary N) is 1. The highest BCUT2D eigenvalue weighted by atomic mass is 32.1. The van der Waals surface area contributed by atoms with Gasteiger partial charge in [-0.3, -0.25) is 14.5 Å². The Bertz CT molecular complexity index is 840. The second-order valence-electron chi connectivity index (χ2n) is 6.25. The minimum absolute atomic E-state index is 0.140. The van der Waals surface area contributed by atoms with Crippen LogP contribution in [0.5, 0.6) is 0 Å². The molecule has 0 saturated carbocycles. The van der Waals surface area contributed by atoms with E-state index in [9.17, 15) is 14.4 Å². The van der Waals surface area contributed by atoms with Crippen LogP contribution in [0.1, 0.15) is 32.8 Å². The number of carbonyl (C=O) groups excluding carboxylic acids is 3. The Balaban J connectivity index is 1.48. The van der Waals surface area contributed by atoms with Crippen molar-refractivity contribution in [3.05, 3.63) is 34.7 Å². The lowest BCUT2D eigenvalue weighted by atomic mass is 10.3. The summed E-state index contributed by atoms with van der Waals surface area (Å²) < 4.78 is 10.1. The van der Waals surface area contributed by atoms with Crippen molar-refractivity contribution in [3.8, 4) is 0 Å². The van der Waals surface area contributed by atoms with Gasteiger partial charge in [0, 0.05) is 26.2 Å². The van der Waals surface area contributed by atoms with Gasteiger partial charge in [-0.1, -0.05) is 11.3 Å². The fourth-order valence-electron chi connectivity index (χ4n) is 2.86. The molecular weight excluding hydrogens is 384 g/mol. The first-order valence-electron chi connectivity index (χ1n) is 8.97. The van der Waals surface area contributed by atoms with Crippen LogP contribution in [-0.2, 0) is 9.53 Å². The molecule has 0 radical (unpaired) electrons. The molecule has 1 aliphatic rings. The number of hydrogen-bond donors (Lipinski definition) is 1. The maximum atomic E-state index is 12.3. The van der Waals surface area contributed by atoms with Crippen LogP contribution in [0.2, 0.25) is 0 Å². The number of esters is 1. The zero-order valence-electron chi connectivity index (χ0n) is 15.8. The molecule has 9 nitrogen and oxygen atoms in total. The fraction of sp³-hybridized carbons (Fsp3) is 0.444. The van der Waals surface area contributed by atoms with E-state index in [0.717, 1.165) is 11.3 Å². The van der Waals surface area contributed by atoms with Crippen LogP contribution in [0.15, 0.2) is 22.8 Å². The third-order valence-corrected chi connectivity index (χ3v) is 5.32. The van der Waals surface area contributed by atoms with Gasteiger partial charge in [-0.25, -0.2) is 9.78 Å². The van der Waals surface area contributed by atoms with Gasteiger partial charge < -0.3 is 19.4 Å². The summed E-state index contributed by atoms with van der Waals surface area (Å²) in [6, 6.07) is 3.32. The zero-order chi connectivity index (χ0) is 20.1. The minimum Gasteiger partial charge on any atom is -0.462 e. The number of anilines is 1. The van der Waals surface area contributed by atoms with E-state index in [1.807, 2.05) is 4.90 Å². The van der Waals surface area contributed by atoms with Crippen LogP contribution in [-0.4, -0.2) is 71.9 Å². The number of amides is 2. The van der Waals surface area contributed by atoms with Gasteiger partial charge in [0.1, 0.15) is 4.88 Å². The highest BCUT2D eigenvalue weighted by Gasteiger charge is 2.25. The number of piperazine rings is 1. The largest absolute Gasteiger partial charge is 0.462 e. The van der Waals surface area contributed by atoms with Crippen LogP contribution >= 0.6 is 11.3 Å². The van der Waals surface area contributed by atoms with E-state index >= 15 is 0 Å². The highest BCUT2D eigenvalue weighted by Crippen LogP contribution is 2.23. The molecule has 0 aliphatic carbocycles. The molecule has 150 valence electrons. The number of hydrogen-bond acceptors (Lipinski definition) is 8. The maximum absolute atomic E-state index is 12.3. The standard InChI is InChI=1S/C18H22N4O5S/c1-3-26-17(25)15-12(2)19-18(28-15)20-14(23)11-21-6-8-22(9-7-21)16(24)13-5-4-10-27-13/h4-5,10H,3,6-9,11H2,1-2H3,(H,19,20,23). The summed E-state index contributed by atoms with van der Waals surface area (Å²) in [6.07, 6.45) is 1.47. The lowest BCUT2D eigenvalue weighted by molar-refractivity contribution is -0.117. The predicted molar refractivity (Wildman–Crippen MR) is 102 cm³/mol. The van der Waals surface area contributed by atoms with Crippen LogP contribution in [0.3, 0.4) is 0 Å². The summed E-state index contributed by atoms with van der Waals surface area (Å²) in [5, 5.41) is 3.10. The maximum Gasteiger partial charge on any atom is 0.350 e. The van der Waals surface area contributed by atoms with Gasteiger partial charge in [0.05, 0.1) is 25.1 Å². The number of ether oxygens (including phenoxy) is 1. The summed E-state index contributed by atoms with van der Waals surface area (Å²) in [5.74, 6) is -0.466. The van der Waals surface area contributed by atoms with E-state index in [1.165, 1.54) is 6.26 Å². The number of aromatic nitrogens is 1. The van der Waals surface area contributed by atoms with Gasteiger partial charge in [0.15, 0.2) is 10.9 Å². The number of carbonyl (C=O) groups is 3. The average molecular weight is 406 g/mol. The monoisotopic (exact) mass is 406 g/mol. The quantitative estimate of drug-likeness (QED) is 0.727. The third-order valence-electron chi connectivity index (χ3n) is 4.26. The SMILES string of the molecule is CCOC(=O)c1sc(NC(=O)CN2CCN(C(=O)c3ccco3)CC2)nc1C. The van der Waals surface area contributed by atoms with Gasteiger partial charge in [-0.05, 0) is 26.0 Å². The van der Waals surface area contributed by atoms with Crippen LogP contribution in [0.25, 0.3) is 0 Å². The Morgan fingerprint density at radius 3 is 2.68 bits per heavy atom. The van der Waals surface area contributed by atoms with Crippen LogP contribution < -0.4 is 5.32 Å². The number of aryl methyl sites for hydroxylation is 1. The predicted octanol–water partition coefficient (Wildman–Crippen LogP) is 1.62. The smallest absolute Gasteiger partial charge is 0.350 e. The second-order valence-corrected chi connectivity index (χ2v) is 7.25. The van der Waals surface area contributed by atoms with Gasteiger partial charge in [-0.15, -0.1) is 0 Å². The molecule has 1 saturated heterocycles. The average Bonchev–Trinajstić information content (AvgIpc) is 3.32. The Hall–Kier alpha value is -2.72. The molecule has 10 heteroatoms. The molecule has 2 aromatic heterocycles. The molecule has 3 rings (SSSR count). The first-order chi connectivity index (χ1) is 13.5. The molecule has 1 aliphatic heterocycles. The van der Waals surface area contributed by atoms with E-state index in [4.69, 9.17) is 9.15 Å². The van der Waals surface area contributed by atoms with Crippen molar-refractivity contribution in [1.82, 2.24) is 14.8 Å². The number of thiazole rings is 1. The van der Waals surface area contributed by atoms with Gasteiger partial charge in [0.2, 0.25) is 5.91 Å². The topological polar surface area (TPSA) is 105 Å². The van der Waals surface area contributed by atoms with Crippen LogP contribution in [0.4, 0.5) is 5.13 Å². The van der Waals surface area contributed by atoms with Crippen molar-refractivity contribution >= 4 is 34.3 Å². The summed E-state index contributed by atoms with van der Waals surface area (Å²) in [5.41, 5.74) is 0.531. The molecule has 2 amide bonds. The molecule has 1 fully saturated rings. The molecule has 2 aromatic rings. The van der Waals surface area contributed by atoms with Crippen LogP contribution in [0, 0.1) is 6.92 Å². The van der Waals surface area contributed by atoms with Crippen molar-refractivity contribution in [2.45, 2.75) is 13.8 Å². The third kappa shape index (κ3) is 4.76. The van der Waals surface area contributed by atoms with E-state index in [-0.39, 0.29) is 25.0 Å². The molecular formula is C18H22N4O5S. The number of furan rings is 1. The Labute approximate surface area is 166 Å². The minimum atomic E-state index is -0.435.